The zero-order chi connectivity index (χ0) is 14.2. The van der Waals surface area contributed by atoms with Gasteiger partial charge < -0.3 is 15.2 Å². The molecule has 0 aliphatic carbocycles. The van der Waals surface area contributed by atoms with Crippen LogP contribution in [0.25, 0.3) is 0 Å². The molecule has 1 heterocycles. The van der Waals surface area contributed by atoms with Gasteiger partial charge in [-0.2, -0.15) is 4.98 Å². The highest BCUT2D eigenvalue weighted by Crippen LogP contribution is 2.00. The summed E-state index contributed by atoms with van der Waals surface area (Å²) >= 11 is 0. The van der Waals surface area contributed by atoms with Crippen molar-refractivity contribution in [3.63, 3.8) is 0 Å². The minimum atomic E-state index is 0. The monoisotopic (exact) mass is 401 g/mol. The van der Waals surface area contributed by atoms with Crippen LogP contribution in [0, 0.1) is 6.92 Å². The van der Waals surface area contributed by atoms with E-state index in [0.29, 0.717) is 24.8 Å². The highest BCUT2D eigenvalue weighted by Gasteiger charge is 2.03. The first kappa shape index (κ1) is 17.4. The second kappa shape index (κ2) is 9.32. The van der Waals surface area contributed by atoms with Gasteiger partial charge in [-0.3, -0.25) is 0 Å². The fraction of sp³-hybridized carbons (Fsp3) is 0.357. The Hall–Kier alpha value is -1.64. The highest BCUT2D eigenvalue weighted by atomic mass is 127. The summed E-state index contributed by atoms with van der Waals surface area (Å²) in [5.74, 6) is 1.91. The minimum Gasteiger partial charge on any atom is -0.357 e. The lowest BCUT2D eigenvalue weighted by molar-refractivity contribution is 0.371. The Kier molecular flexibility index (Phi) is 7.73. The molecule has 0 radical (unpaired) electrons. The van der Waals surface area contributed by atoms with Gasteiger partial charge >= 0.3 is 0 Å². The van der Waals surface area contributed by atoms with Crippen molar-refractivity contribution < 1.29 is 4.52 Å². The molecule has 0 aliphatic rings. The summed E-state index contributed by atoms with van der Waals surface area (Å²) in [6.07, 6.45) is 0. The van der Waals surface area contributed by atoms with Crippen LogP contribution in [-0.4, -0.2) is 22.6 Å². The smallest absolute Gasteiger partial charge is 0.246 e. The average molecular weight is 401 g/mol. The number of benzene rings is 1. The van der Waals surface area contributed by atoms with Gasteiger partial charge in [0.1, 0.15) is 0 Å². The van der Waals surface area contributed by atoms with Crippen molar-refractivity contribution in [3.05, 3.63) is 47.6 Å². The van der Waals surface area contributed by atoms with E-state index in [9.17, 15) is 0 Å². The second-order valence-corrected chi connectivity index (χ2v) is 4.27. The van der Waals surface area contributed by atoms with E-state index in [1.165, 1.54) is 5.56 Å². The lowest BCUT2D eigenvalue weighted by Gasteiger charge is -2.09. The number of halogens is 1. The summed E-state index contributed by atoms with van der Waals surface area (Å²) in [6, 6.07) is 10.1. The first-order chi connectivity index (χ1) is 9.78. The van der Waals surface area contributed by atoms with E-state index in [1.54, 1.807) is 6.92 Å². The van der Waals surface area contributed by atoms with Gasteiger partial charge in [0.05, 0.1) is 13.1 Å². The van der Waals surface area contributed by atoms with E-state index in [2.05, 4.69) is 37.9 Å². The van der Waals surface area contributed by atoms with Crippen molar-refractivity contribution in [2.75, 3.05) is 6.54 Å². The molecule has 6 nitrogen and oxygen atoms in total. The van der Waals surface area contributed by atoms with E-state index in [1.807, 2.05) is 25.1 Å². The SMILES string of the molecule is CCNC(=NCc1ccccc1)NCc1nc(C)no1.I. The number of nitrogens with zero attached hydrogens (tertiary/aromatic N) is 3. The Labute approximate surface area is 141 Å². The second-order valence-electron chi connectivity index (χ2n) is 4.27. The zero-order valence-corrected chi connectivity index (χ0v) is 14.5. The molecule has 2 rings (SSSR count). The summed E-state index contributed by atoms with van der Waals surface area (Å²) < 4.78 is 5.05. The first-order valence-corrected chi connectivity index (χ1v) is 6.63. The lowest BCUT2D eigenvalue weighted by Crippen LogP contribution is -2.36. The van der Waals surface area contributed by atoms with E-state index in [-0.39, 0.29) is 24.0 Å². The van der Waals surface area contributed by atoms with Crippen LogP contribution >= 0.6 is 24.0 Å². The standard InChI is InChI=1S/C14H19N5O.HI/c1-3-15-14(16-9-12-7-5-4-6-8-12)17-10-13-18-11(2)19-20-13;/h4-8H,3,9-10H2,1-2H3,(H2,15,16,17);1H. The van der Waals surface area contributed by atoms with Crippen LogP contribution in [0.1, 0.15) is 24.2 Å². The largest absolute Gasteiger partial charge is 0.357 e. The van der Waals surface area contributed by atoms with Crippen LogP contribution in [0.5, 0.6) is 0 Å². The molecule has 2 aromatic rings. The van der Waals surface area contributed by atoms with Crippen molar-refractivity contribution in [1.82, 2.24) is 20.8 Å². The number of hydrogen-bond acceptors (Lipinski definition) is 4. The Morgan fingerprint density at radius 2 is 2.00 bits per heavy atom. The topological polar surface area (TPSA) is 75.3 Å². The fourth-order valence-electron chi connectivity index (χ4n) is 1.67. The van der Waals surface area contributed by atoms with Crippen molar-refractivity contribution in [1.29, 1.82) is 0 Å². The Morgan fingerprint density at radius 1 is 1.24 bits per heavy atom. The Morgan fingerprint density at radius 3 is 2.62 bits per heavy atom. The van der Waals surface area contributed by atoms with Crippen LogP contribution in [0.4, 0.5) is 0 Å². The molecule has 0 bridgehead atoms. The summed E-state index contributed by atoms with van der Waals surface area (Å²) in [5, 5.41) is 10.1. The quantitative estimate of drug-likeness (QED) is 0.457. The summed E-state index contributed by atoms with van der Waals surface area (Å²) in [7, 11) is 0. The molecule has 0 fully saturated rings. The predicted molar refractivity (Wildman–Crippen MR) is 92.5 cm³/mol. The molecule has 0 atom stereocenters. The van der Waals surface area contributed by atoms with Gasteiger partial charge in [0, 0.05) is 6.54 Å². The number of hydrogen-bond donors (Lipinski definition) is 2. The van der Waals surface area contributed by atoms with E-state index >= 15 is 0 Å². The van der Waals surface area contributed by atoms with Crippen molar-refractivity contribution in [2.45, 2.75) is 26.9 Å². The van der Waals surface area contributed by atoms with Crippen LogP contribution in [0.2, 0.25) is 0 Å². The molecule has 0 unspecified atom stereocenters. The number of nitrogens with one attached hydrogen (secondary N) is 2. The van der Waals surface area contributed by atoms with Crippen LogP contribution in [0.3, 0.4) is 0 Å². The van der Waals surface area contributed by atoms with Gasteiger partial charge in [0.25, 0.3) is 0 Å². The van der Waals surface area contributed by atoms with Gasteiger partial charge in [-0.05, 0) is 19.4 Å². The molecule has 0 saturated carbocycles. The van der Waals surface area contributed by atoms with Crippen molar-refractivity contribution in [3.8, 4) is 0 Å². The zero-order valence-electron chi connectivity index (χ0n) is 12.2. The highest BCUT2D eigenvalue weighted by molar-refractivity contribution is 14.0. The van der Waals surface area contributed by atoms with Gasteiger partial charge in [0.15, 0.2) is 11.8 Å². The van der Waals surface area contributed by atoms with E-state index in [4.69, 9.17) is 4.52 Å². The lowest BCUT2D eigenvalue weighted by atomic mass is 10.2. The fourth-order valence-corrected chi connectivity index (χ4v) is 1.67. The minimum absolute atomic E-state index is 0. The first-order valence-electron chi connectivity index (χ1n) is 6.63. The molecule has 0 spiro atoms. The maximum absolute atomic E-state index is 5.05. The summed E-state index contributed by atoms with van der Waals surface area (Å²) in [6.45, 7) is 5.70. The molecule has 2 N–H and O–H groups in total. The molecule has 1 aromatic carbocycles. The molecular weight excluding hydrogens is 381 g/mol. The molecule has 0 saturated heterocycles. The van der Waals surface area contributed by atoms with Gasteiger partial charge in [-0.15, -0.1) is 24.0 Å². The normalized spacial score (nSPS) is 10.9. The number of aromatic nitrogens is 2. The molecule has 0 amide bonds. The van der Waals surface area contributed by atoms with Crippen LogP contribution < -0.4 is 10.6 Å². The Balaban J connectivity index is 0.00000220. The van der Waals surface area contributed by atoms with Crippen molar-refractivity contribution >= 4 is 29.9 Å². The predicted octanol–water partition coefficient (Wildman–Crippen LogP) is 2.25. The van der Waals surface area contributed by atoms with E-state index < -0.39 is 0 Å². The van der Waals surface area contributed by atoms with E-state index in [0.717, 1.165) is 12.5 Å². The van der Waals surface area contributed by atoms with Gasteiger partial charge in [-0.1, -0.05) is 35.5 Å². The molecule has 21 heavy (non-hydrogen) atoms. The maximum atomic E-state index is 5.05. The molecular formula is C14H20IN5O. The Bertz CT molecular complexity index is 556. The molecule has 7 heteroatoms. The van der Waals surface area contributed by atoms with Crippen LogP contribution in [-0.2, 0) is 13.1 Å². The molecule has 1 aromatic heterocycles. The van der Waals surface area contributed by atoms with Crippen molar-refractivity contribution in [2.24, 2.45) is 4.99 Å². The summed E-state index contributed by atoms with van der Waals surface area (Å²) in [4.78, 5) is 8.65. The van der Waals surface area contributed by atoms with Gasteiger partial charge in [0.2, 0.25) is 5.89 Å². The van der Waals surface area contributed by atoms with Crippen LogP contribution in [0.15, 0.2) is 39.8 Å². The number of aliphatic imine (C=N–C) groups is 1. The third kappa shape index (κ3) is 6.11. The maximum Gasteiger partial charge on any atom is 0.246 e. The molecule has 0 aliphatic heterocycles. The molecule has 114 valence electrons. The third-order valence-electron chi connectivity index (χ3n) is 2.58. The number of aryl methyl sites for hydroxylation is 1. The third-order valence-corrected chi connectivity index (χ3v) is 2.58. The summed E-state index contributed by atoms with van der Waals surface area (Å²) in [5.41, 5.74) is 1.17. The number of guanidine groups is 1. The number of rotatable bonds is 5. The average Bonchev–Trinajstić information content (AvgIpc) is 2.89. The van der Waals surface area contributed by atoms with Gasteiger partial charge in [-0.25, -0.2) is 4.99 Å².